The number of hydrogen-bond acceptors (Lipinski definition) is 4. The number of nitrogens with one attached hydrogen (secondary N) is 1. The lowest BCUT2D eigenvalue weighted by Crippen LogP contribution is -2.16. The SMILES string of the molecule is O=C(Nc1c(F)c(F)c(-c2cccs2)c(F)c1F)c1c(O)nn2ccccc12. The third kappa shape index (κ3) is 2.69. The van der Waals surface area contributed by atoms with Crippen LogP contribution in [0.25, 0.3) is 16.0 Å². The minimum absolute atomic E-state index is 0.00838. The van der Waals surface area contributed by atoms with Crippen molar-refractivity contribution in [1.29, 1.82) is 0 Å². The van der Waals surface area contributed by atoms with Crippen molar-refractivity contribution in [2.45, 2.75) is 0 Å². The molecule has 3 heterocycles. The van der Waals surface area contributed by atoms with Crippen LogP contribution in [0.4, 0.5) is 23.2 Å². The Balaban J connectivity index is 1.80. The molecule has 0 atom stereocenters. The summed E-state index contributed by atoms with van der Waals surface area (Å²) >= 11 is 0.898. The van der Waals surface area contributed by atoms with Crippen LogP contribution in [0.2, 0.25) is 0 Å². The number of aromatic hydroxyl groups is 1. The summed E-state index contributed by atoms with van der Waals surface area (Å²) in [7, 11) is 0. The zero-order valence-electron chi connectivity index (χ0n) is 13.7. The van der Waals surface area contributed by atoms with Crippen LogP contribution in [0, 0.1) is 23.3 Å². The summed E-state index contributed by atoms with van der Waals surface area (Å²) in [4.78, 5) is 12.4. The third-order valence-electron chi connectivity index (χ3n) is 4.02. The molecule has 0 aliphatic carbocycles. The summed E-state index contributed by atoms with van der Waals surface area (Å²) in [6.07, 6.45) is 1.43. The molecular weight excluding hydrogens is 398 g/mol. The van der Waals surface area contributed by atoms with E-state index in [1.54, 1.807) is 17.4 Å². The fourth-order valence-corrected chi connectivity index (χ4v) is 3.52. The number of carbonyl (C=O) groups excluding carboxylic acids is 1. The smallest absolute Gasteiger partial charge is 0.263 e. The molecule has 3 aromatic heterocycles. The summed E-state index contributed by atoms with van der Waals surface area (Å²) in [6, 6.07) is 7.33. The van der Waals surface area contributed by atoms with Crippen molar-refractivity contribution in [2.75, 3.05) is 5.32 Å². The van der Waals surface area contributed by atoms with Gasteiger partial charge in [-0.2, -0.15) is 0 Å². The molecule has 2 N–H and O–H groups in total. The number of benzene rings is 1. The zero-order valence-corrected chi connectivity index (χ0v) is 14.5. The molecule has 0 fully saturated rings. The first-order valence-corrected chi connectivity index (χ1v) is 8.65. The van der Waals surface area contributed by atoms with Gasteiger partial charge in [0.1, 0.15) is 11.3 Å². The first-order chi connectivity index (χ1) is 13.4. The lowest BCUT2D eigenvalue weighted by atomic mass is 10.1. The van der Waals surface area contributed by atoms with Gasteiger partial charge in [0.25, 0.3) is 5.91 Å². The van der Waals surface area contributed by atoms with Crippen LogP contribution in [0.15, 0.2) is 41.9 Å². The van der Waals surface area contributed by atoms with Crippen LogP contribution >= 0.6 is 11.3 Å². The molecule has 0 radical (unpaired) electrons. The van der Waals surface area contributed by atoms with Crippen molar-refractivity contribution in [3.8, 4) is 16.3 Å². The highest BCUT2D eigenvalue weighted by molar-refractivity contribution is 7.13. The number of rotatable bonds is 3. The second-order valence-corrected chi connectivity index (χ2v) is 6.61. The molecule has 0 saturated carbocycles. The maximum absolute atomic E-state index is 14.4. The molecule has 1 aromatic carbocycles. The maximum Gasteiger partial charge on any atom is 0.263 e. The summed E-state index contributed by atoms with van der Waals surface area (Å²) in [5, 5.41) is 16.8. The molecular formula is C18H9F4N3O2S. The Morgan fingerprint density at radius 1 is 1.04 bits per heavy atom. The molecule has 0 saturated heterocycles. The molecule has 28 heavy (non-hydrogen) atoms. The summed E-state index contributed by atoms with van der Waals surface area (Å²) < 4.78 is 58.8. The minimum atomic E-state index is -1.76. The van der Waals surface area contributed by atoms with E-state index in [9.17, 15) is 27.5 Å². The summed E-state index contributed by atoms with van der Waals surface area (Å²) in [6.45, 7) is 0. The van der Waals surface area contributed by atoms with Crippen molar-refractivity contribution in [1.82, 2.24) is 9.61 Å². The lowest BCUT2D eigenvalue weighted by molar-refractivity contribution is 0.102. The maximum atomic E-state index is 14.4. The summed E-state index contributed by atoms with van der Waals surface area (Å²) in [5.41, 5.74) is -2.42. The van der Waals surface area contributed by atoms with Gasteiger partial charge in [0, 0.05) is 11.1 Å². The fourth-order valence-electron chi connectivity index (χ4n) is 2.76. The Morgan fingerprint density at radius 2 is 1.75 bits per heavy atom. The second-order valence-electron chi connectivity index (χ2n) is 5.67. The van der Waals surface area contributed by atoms with E-state index >= 15 is 0 Å². The molecule has 4 aromatic rings. The number of nitrogens with zero attached hydrogens (tertiary/aromatic N) is 2. The Labute approximate surface area is 158 Å². The molecule has 10 heteroatoms. The average Bonchev–Trinajstić information content (AvgIpc) is 3.30. The van der Waals surface area contributed by atoms with Gasteiger partial charge in [-0.3, -0.25) is 4.79 Å². The van der Waals surface area contributed by atoms with Crippen LogP contribution in [0.3, 0.4) is 0 Å². The van der Waals surface area contributed by atoms with E-state index in [-0.39, 0.29) is 10.4 Å². The van der Waals surface area contributed by atoms with Gasteiger partial charge in [-0.15, -0.1) is 16.4 Å². The highest BCUT2D eigenvalue weighted by Gasteiger charge is 2.29. The highest BCUT2D eigenvalue weighted by atomic mass is 32.1. The van der Waals surface area contributed by atoms with Gasteiger partial charge >= 0.3 is 0 Å². The molecule has 5 nitrogen and oxygen atoms in total. The van der Waals surface area contributed by atoms with E-state index in [1.165, 1.54) is 29.8 Å². The van der Waals surface area contributed by atoms with Gasteiger partial charge in [-0.1, -0.05) is 12.1 Å². The van der Waals surface area contributed by atoms with Crippen molar-refractivity contribution in [3.63, 3.8) is 0 Å². The quantitative estimate of drug-likeness (QED) is 0.386. The average molecular weight is 407 g/mol. The van der Waals surface area contributed by atoms with Gasteiger partial charge in [-0.05, 0) is 23.6 Å². The molecule has 0 bridgehead atoms. The molecule has 1 amide bonds. The first kappa shape index (κ1) is 18.0. The lowest BCUT2D eigenvalue weighted by Gasteiger charge is -2.12. The molecule has 0 aliphatic rings. The van der Waals surface area contributed by atoms with Crippen molar-refractivity contribution >= 4 is 28.4 Å². The van der Waals surface area contributed by atoms with Crippen LogP contribution in [-0.4, -0.2) is 20.6 Å². The topological polar surface area (TPSA) is 66.6 Å². The number of anilines is 1. The van der Waals surface area contributed by atoms with Gasteiger partial charge in [-0.25, -0.2) is 22.1 Å². The minimum Gasteiger partial charge on any atom is -0.492 e. The van der Waals surface area contributed by atoms with E-state index in [4.69, 9.17) is 0 Å². The Kier molecular flexibility index (Phi) is 4.27. The third-order valence-corrected chi connectivity index (χ3v) is 4.91. The van der Waals surface area contributed by atoms with E-state index in [0.29, 0.717) is 0 Å². The number of halogens is 4. The van der Waals surface area contributed by atoms with Gasteiger partial charge < -0.3 is 10.4 Å². The largest absolute Gasteiger partial charge is 0.492 e. The van der Waals surface area contributed by atoms with Crippen molar-refractivity contribution < 1.29 is 27.5 Å². The number of carbonyl (C=O) groups is 1. The van der Waals surface area contributed by atoms with Gasteiger partial charge in [0.2, 0.25) is 5.88 Å². The van der Waals surface area contributed by atoms with Crippen LogP contribution < -0.4 is 5.32 Å². The normalized spacial score (nSPS) is 11.1. The molecule has 4 rings (SSSR count). The fraction of sp³-hybridized carbons (Fsp3) is 0. The van der Waals surface area contributed by atoms with E-state index in [1.807, 2.05) is 0 Å². The number of hydrogen-bond donors (Lipinski definition) is 2. The van der Waals surface area contributed by atoms with Crippen LogP contribution in [-0.2, 0) is 0 Å². The molecule has 0 unspecified atom stereocenters. The number of thiophene rings is 1. The predicted molar refractivity (Wildman–Crippen MR) is 94.4 cm³/mol. The highest BCUT2D eigenvalue weighted by Crippen LogP contribution is 2.37. The van der Waals surface area contributed by atoms with E-state index < -0.39 is 51.9 Å². The first-order valence-electron chi connectivity index (χ1n) is 7.77. The zero-order chi connectivity index (χ0) is 20.0. The Morgan fingerprint density at radius 3 is 2.39 bits per heavy atom. The number of aromatic nitrogens is 2. The second kappa shape index (κ2) is 6.64. The van der Waals surface area contributed by atoms with Crippen molar-refractivity contribution in [2.24, 2.45) is 0 Å². The number of fused-ring (bicyclic) bond motifs is 1. The number of amides is 1. The Bertz CT molecular complexity index is 1190. The van der Waals surface area contributed by atoms with Gasteiger partial charge in [0.15, 0.2) is 23.3 Å². The monoisotopic (exact) mass is 407 g/mol. The molecule has 142 valence electrons. The number of pyridine rings is 1. The van der Waals surface area contributed by atoms with Crippen LogP contribution in [0.5, 0.6) is 5.88 Å². The van der Waals surface area contributed by atoms with E-state index in [2.05, 4.69) is 5.10 Å². The Hall–Kier alpha value is -3.40. The molecule has 0 aliphatic heterocycles. The molecule has 0 spiro atoms. The summed E-state index contributed by atoms with van der Waals surface area (Å²) in [5.74, 6) is -8.68. The van der Waals surface area contributed by atoms with E-state index in [0.717, 1.165) is 15.9 Å². The van der Waals surface area contributed by atoms with Crippen molar-refractivity contribution in [3.05, 3.63) is 70.7 Å². The standard InChI is InChI=1S/C18H9F4N3O2S/c19-12-11(9-5-3-7-28-9)13(20)15(22)16(14(12)21)23-17(26)10-8-4-1-2-6-25(8)24-18(10)27/h1-7H,(H,23,26)(H,24,27). The predicted octanol–water partition coefficient (Wildman–Crippen LogP) is 4.58. The van der Waals surface area contributed by atoms with Gasteiger partial charge in [0.05, 0.1) is 11.1 Å². The van der Waals surface area contributed by atoms with Crippen LogP contribution in [0.1, 0.15) is 10.4 Å².